The van der Waals surface area contributed by atoms with E-state index in [9.17, 15) is 14.0 Å². The lowest BCUT2D eigenvalue weighted by atomic mass is 9.92. The van der Waals surface area contributed by atoms with Crippen LogP contribution in [0.3, 0.4) is 0 Å². The molecule has 3 heterocycles. The van der Waals surface area contributed by atoms with Crippen molar-refractivity contribution in [3.05, 3.63) is 53.7 Å². The molecule has 2 saturated heterocycles. The lowest BCUT2D eigenvalue weighted by Gasteiger charge is -2.46. The molecule has 2 aliphatic rings. The van der Waals surface area contributed by atoms with Crippen LogP contribution < -0.4 is 4.90 Å². The quantitative estimate of drug-likeness (QED) is 0.813. The van der Waals surface area contributed by atoms with Crippen LogP contribution in [0.25, 0.3) is 0 Å². The van der Waals surface area contributed by atoms with E-state index in [0.29, 0.717) is 36.6 Å². The van der Waals surface area contributed by atoms with Crippen LogP contribution in [-0.4, -0.2) is 60.4 Å². The molecule has 2 amide bonds. The Morgan fingerprint density at radius 3 is 2.78 bits per heavy atom. The molecule has 0 radical (unpaired) electrons. The molecule has 0 unspecified atom stereocenters. The fourth-order valence-corrected chi connectivity index (χ4v) is 4.09. The highest BCUT2D eigenvalue weighted by atomic mass is 19.1. The number of aryl methyl sites for hydroxylation is 1. The van der Waals surface area contributed by atoms with Crippen LogP contribution in [0.2, 0.25) is 0 Å². The first-order chi connectivity index (χ1) is 12.9. The number of likely N-dealkylation sites (N-methyl/N-ethyl adjacent to an activating group) is 1. The van der Waals surface area contributed by atoms with Crippen LogP contribution in [0.4, 0.5) is 10.1 Å². The normalized spacial score (nSPS) is 23.4. The maximum atomic E-state index is 13.6. The number of hydrogen-bond acceptors (Lipinski definition) is 4. The molecule has 2 fully saturated rings. The third kappa shape index (κ3) is 3.02. The van der Waals surface area contributed by atoms with E-state index in [1.165, 1.54) is 18.4 Å². The molecule has 2 aromatic rings. The lowest BCUT2D eigenvalue weighted by molar-refractivity contribution is -0.123. The summed E-state index contributed by atoms with van der Waals surface area (Å²) in [6.07, 6.45) is 2.27. The second kappa shape index (κ2) is 6.49. The summed E-state index contributed by atoms with van der Waals surface area (Å²) in [6, 6.07) is 7.78. The highest BCUT2D eigenvalue weighted by molar-refractivity contribution is 5.97. The van der Waals surface area contributed by atoms with Gasteiger partial charge in [0.25, 0.3) is 5.91 Å². The Morgan fingerprint density at radius 2 is 2.07 bits per heavy atom. The van der Waals surface area contributed by atoms with Crippen molar-refractivity contribution in [1.82, 2.24) is 9.80 Å². The van der Waals surface area contributed by atoms with E-state index >= 15 is 0 Å². The summed E-state index contributed by atoms with van der Waals surface area (Å²) in [5, 5.41) is 0. The molecular weight excluding hydrogens is 349 g/mol. The molecule has 2 aliphatic heterocycles. The highest BCUT2D eigenvalue weighted by Crippen LogP contribution is 2.34. The molecule has 4 rings (SSSR count). The second-order valence-electron chi connectivity index (χ2n) is 7.41. The average Bonchev–Trinajstić information content (AvgIpc) is 3.25. The van der Waals surface area contributed by atoms with E-state index in [1.54, 1.807) is 30.0 Å². The smallest absolute Gasteiger partial charge is 0.257 e. The number of amides is 2. The van der Waals surface area contributed by atoms with Gasteiger partial charge in [-0.05, 0) is 44.7 Å². The van der Waals surface area contributed by atoms with E-state index in [2.05, 4.69) is 0 Å². The zero-order valence-corrected chi connectivity index (χ0v) is 15.4. The van der Waals surface area contributed by atoms with Gasteiger partial charge in [-0.15, -0.1) is 0 Å². The molecule has 0 bridgehead atoms. The first-order valence-electron chi connectivity index (χ1n) is 9.00. The predicted octanol–water partition coefficient (Wildman–Crippen LogP) is 2.29. The Hall–Kier alpha value is -2.67. The van der Waals surface area contributed by atoms with Crippen molar-refractivity contribution in [2.75, 3.05) is 38.1 Å². The summed E-state index contributed by atoms with van der Waals surface area (Å²) in [5.74, 6) is 0.117. The van der Waals surface area contributed by atoms with Gasteiger partial charge in [0.15, 0.2) is 0 Å². The summed E-state index contributed by atoms with van der Waals surface area (Å²) in [7, 11) is 1.91. The summed E-state index contributed by atoms with van der Waals surface area (Å²) >= 11 is 0. The molecule has 0 aliphatic carbocycles. The van der Waals surface area contributed by atoms with Crippen LogP contribution in [0, 0.1) is 12.7 Å². The SMILES string of the molecule is Cc1occc1C(=O)N1CC[C@]2(C1)CN(c1cccc(F)c1)C(=O)CN2C. The third-order valence-electron chi connectivity index (χ3n) is 5.76. The zero-order valence-electron chi connectivity index (χ0n) is 15.4. The average molecular weight is 371 g/mol. The summed E-state index contributed by atoms with van der Waals surface area (Å²) in [5.41, 5.74) is 0.791. The largest absolute Gasteiger partial charge is 0.469 e. The minimum atomic E-state index is -0.369. The van der Waals surface area contributed by atoms with Crippen molar-refractivity contribution in [3.8, 4) is 0 Å². The molecule has 1 aromatic heterocycles. The third-order valence-corrected chi connectivity index (χ3v) is 5.76. The van der Waals surface area contributed by atoms with Crippen molar-refractivity contribution < 1.29 is 18.4 Å². The van der Waals surface area contributed by atoms with Gasteiger partial charge in [-0.1, -0.05) is 6.07 Å². The van der Waals surface area contributed by atoms with E-state index < -0.39 is 0 Å². The number of benzene rings is 1. The number of furan rings is 1. The van der Waals surface area contributed by atoms with E-state index in [0.717, 1.165) is 6.42 Å². The second-order valence-corrected chi connectivity index (χ2v) is 7.41. The van der Waals surface area contributed by atoms with Crippen LogP contribution in [0.1, 0.15) is 22.5 Å². The number of carbonyl (C=O) groups is 2. The number of hydrogen-bond donors (Lipinski definition) is 0. The van der Waals surface area contributed by atoms with Gasteiger partial charge in [0.05, 0.1) is 23.9 Å². The van der Waals surface area contributed by atoms with Crippen LogP contribution in [-0.2, 0) is 4.79 Å². The predicted molar refractivity (Wildman–Crippen MR) is 98.1 cm³/mol. The first-order valence-corrected chi connectivity index (χ1v) is 9.00. The zero-order chi connectivity index (χ0) is 19.2. The number of nitrogens with zero attached hydrogens (tertiary/aromatic N) is 3. The van der Waals surface area contributed by atoms with Crippen molar-refractivity contribution in [3.63, 3.8) is 0 Å². The Labute approximate surface area is 157 Å². The molecule has 1 aromatic carbocycles. The fourth-order valence-electron chi connectivity index (χ4n) is 4.09. The standard InChI is InChI=1S/C20H22FN3O3/c1-14-17(6-9-27-14)19(26)23-8-7-20(12-23)13-24(18(25)11-22(20)2)16-5-3-4-15(21)10-16/h3-6,9-10H,7-8,11-13H2,1-2H3/t20-/m0/s1. The molecule has 6 nitrogen and oxygen atoms in total. The molecule has 27 heavy (non-hydrogen) atoms. The Kier molecular flexibility index (Phi) is 4.26. The number of rotatable bonds is 2. The minimum absolute atomic E-state index is 0.0549. The summed E-state index contributed by atoms with van der Waals surface area (Å²) < 4.78 is 18.9. The van der Waals surface area contributed by atoms with E-state index in [4.69, 9.17) is 4.42 Å². The van der Waals surface area contributed by atoms with Crippen molar-refractivity contribution in [2.24, 2.45) is 0 Å². The molecule has 0 saturated carbocycles. The lowest BCUT2D eigenvalue weighted by Crippen LogP contribution is -2.64. The Morgan fingerprint density at radius 1 is 1.26 bits per heavy atom. The molecule has 1 atom stereocenters. The number of carbonyl (C=O) groups excluding carboxylic acids is 2. The van der Waals surface area contributed by atoms with Gasteiger partial charge in [-0.2, -0.15) is 0 Å². The maximum absolute atomic E-state index is 13.6. The van der Waals surface area contributed by atoms with Gasteiger partial charge in [-0.3, -0.25) is 14.5 Å². The van der Waals surface area contributed by atoms with Gasteiger partial charge >= 0.3 is 0 Å². The van der Waals surface area contributed by atoms with Gasteiger partial charge in [0.2, 0.25) is 5.91 Å². The Balaban J connectivity index is 1.58. The number of anilines is 1. The monoisotopic (exact) mass is 371 g/mol. The van der Waals surface area contributed by atoms with Gasteiger partial charge in [0, 0.05) is 25.3 Å². The van der Waals surface area contributed by atoms with Crippen molar-refractivity contribution in [1.29, 1.82) is 0 Å². The topological polar surface area (TPSA) is 57.0 Å². The first kappa shape index (κ1) is 17.7. The minimum Gasteiger partial charge on any atom is -0.469 e. The highest BCUT2D eigenvalue weighted by Gasteiger charge is 2.49. The molecule has 1 spiro atoms. The van der Waals surface area contributed by atoms with Gasteiger partial charge in [-0.25, -0.2) is 4.39 Å². The molecular formula is C20H22FN3O3. The fraction of sp³-hybridized carbons (Fsp3) is 0.400. The van der Waals surface area contributed by atoms with E-state index in [-0.39, 0.29) is 29.7 Å². The van der Waals surface area contributed by atoms with Crippen molar-refractivity contribution in [2.45, 2.75) is 18.9 Å². The van der Waals surface area contributed by atoms with Gasteiger partial charge < -0.3 is 14.2 Å². The summed E-state index contributed by atoms with van der Waals surface area (Å²) in [6.45, 7) is 3.57. The van der Waals surface area contributed by atoms with Crippen LogP contribution >= 0.6 is 0 Å². The van der Waals surface area contributed by atoms with Crippen molar-refractivity contribution >= 4 is 17.5 Å². The van der Waals surface area contributed by atoms with Crippen LogP contribution in [0.5, 0.6) is 0 Å². The molecule has 142 valence electrons. The van der Waals surface area contributed by atoms with Gasteiger partial charge in [0.1, 0.15) is 11.6 Å². The summed E-state index contributed by atoms with van der Waals surface area (Å²) in [4.78, 5) is 30.9. The molecule has 7 heteroatoms. The van der Waals surface area contributed by atoms with E-state index in [1.807, 2.05) is 16.8 Å². The number of halogens is 1. The number of piperazine rings is 1. The number of likely N-dealkylation sites (tertiary alicyclic amines) is 1. The maximum Gasteiger partial charge on any atom is 0.257 e. The molecule has 0 N–H and O–H groups in total. The van der Waals surface area contributed by atoms with Crippen LogP contribution in [0.15, 0.2) is 41.0 Å². The Bertz CT molecular complexity index is 896.